The van der Waals surface area contributed by atoms with E-state index in [-0.39, 0.29) is 11.9 Å². The van der Waals surface area contributed by atoms with Crippen molar-refractivity contribution in [2.24, 2.45) is 11.8 Å². The predicted octanol–water partition coefficient (Wildman–Crippen LogP) is 3.65. The molecule has 1 aromatic rings. The molecule has 2 N–H and O–H groups in total. The number of carbonyl (C=O) groups is 3. The van der Waals surface area contributed by atoms with Gasteiger partial charge in [-0.1, -0.05) is 26.2 Å². The third-order valence-corrected chi connectivity index (χ3v) is 5.54. The van der Waals surface area contributed by atoms with Gasteiger partial charge in [0.1, 0.15) is 13.2 Å². The van der Waals surface area contributed by atoms with Gasteiger partial charge >= 0.3 is 12.0 Å². The van der Waals surface area contributed by atoms with Gasteiger partial charge in [0.25, 0.3) is 5.91 Å². The molecule has 0 saturated heterocycles. The van der Waals surface area contributed by atoms with Crippen molar-refractivity contribution in [1.82, 2.24) is 5.32 Å². The molecular formula is C22H30N2O6. The van der Waals surface area contributed by atoms with Gasteiger partial charge < -0.3 is 19.5 Å². The zero-order valence-corrected chi connectivity index (χ0v) is 17.4. The summed E-state index contributed by atoms with van der Waals surface area (Å²) in [5.41, 5.74) is 0.460. The van der Waals surface area contributed by atoms with E-state index in [0.29, 0.717) is 36.3 Å². The first-order chi connectivity index (χ1) is 14.5. The van der Waals surface area contributed by atoms with Gasteiger partial charge in [-0.3, -0.25) is 14.9 Å². The van der Waals surface area contributed by atoms with Crippen LogP contribution in [-0.2, 0) is 14.3 Å². The zero-order valence-electron chi connectivity index (χ0n) is 17.4. The molecule has 1 aliphatic heterocycles. The highest BCUT2D eigenvalue weighted by Crippen LogP contribution is 2.33. The number of carbonyl (C=O) groups excluding carboxylic acids is 3. The van der Waals surface area contributed by atoms with Crippen molar-refractivity contribution in [2.75, 3.05) is 25.1 Å². The van der Waals surface area contributed by atoms with E-state index in [0.717, 1.165) is 25.7 Å². The minimum absolute atomic E-state index is 0.151. The van der Waals surface area contributed by atoms with E-state index < -0.39 is 18.5 Å². The average Bonchev–Trinajstić information content (AvgIpc) is 2.76. The van der Waals surface area contributed by atoms with Crippen LogP contribution in [0.15, 0.2) is 18.2 Å². The molecule has 2 aliphatic rings. The molecule has 30 heavy (non-hydrogen) atoms. The molecule has 0 aromatic heterocycles. The van der Waals surface area contributed by atoms with Crippen LogP contribution in [0.3, 0.4) is 0 Å². The molecular weight excluding hydrogens is 388 g/mol. The van der Waals surface area contributed by atoms with E-state index in [1.807, 2.05) is 0 Å². The summed E-state index contributed by atoms with van der Waals surface area (Å²) in [4.78, 5) is 36.2. The molecule has 3 rings (SSSR count). The SMILES string of the molecule is CCCCC1CCC(C(=O)OCC(=O)NC(=O)Nc2ccc3c(c2)OCCO3)CC1. The van der Waals surface area contributed by atoms with Gasteiger partial charge in [-0.05, 0) is 43.7 Å². The summed E-state index contributed by atoms with van der Waals surface area (Å²) in [5.74, 6) is 0.656. The van der Waals surface area contributed by atoms with E-state index in [2.05, 4.69) is 17.6 Å². The summed E-state index contributed by atoms with van der Waals surface area (Å²) in [6.45, 7) is 2.63. The lowest BCUT2D eigenvalue weighted by atomic mass is 9.80. The van der Waals surface area contributed by atoms with Gasteiger partial charge in [0, 0.05) is 11.8 Å². The quantitative estimate of drug-likeness (QED) is 0.655. The molecule has 1 fully saturated rings. The highest BCUT2D eigenvalue weighted by molar-refractivity contribution is 6.02. The normalized spacial score (nSPS) is 20.2. The van der Waals surface area contributed by atoms with Gasteiger partial charge in [-0.15, -0.1) is 0 Å². The molecule has 0 radical (unpaired) electrons. The number of hydrogen-bond acceptors (Lipinski definition) is 6. The number of imide groups is 1. The number of ether oxygens (including phenoxy) is 3. The number of anilines is 1. The zero-order chi connectivity index (χ0) is 21.3. The van der Waals surface area contributed by atoms with Crippen molar-refractivity contribution < 1.29 is 28.6 Å². The van der Waals surface area contributed by atoms with Gasteiger partial charge in [-0.25, -0.2) is 4.79 Å². The first-order valence-corrected chi connectivity index (χ1v) is 10.7. The van der Waals surface area contributed by atoms with Gasteiger partial charge in [-0.2, -0.15) is 0 Å². The lowest BCUT2D eigenvalue weighted by Crippen LogP contribution is -2.38. The molecule has 8 heteroatoms. The maximum atomic E-state index is 12.2. The van der Waals surface area contributed by atoms with Crippen LogP contribution in [-0.4, -0.2) is 37.7 Å². The highest BCUT2D eigenvalue weighted by atomic mass is 16.6. The molecule has 1 saturated carbocycles. The number of benzene rings is 1. The number of esters is 1. The highest BCUT2D eigenvalue weighted by Gasteiger charge is 2.27. The van der Waals surface area contributed by atoms with Crippen molar-refractivity contribution in [3.05, 3.63) is 18.2 Å². The Kier molecular flexibility index (Phi) is 7.93. The Morgan fingerprint density at radius 3 is 2.53 bits per heavy atom. The first-order valence-electron chi connectivity index (χ1n) is 10.7. The molecule has 3 amide bonds. The van der Waals surface area contributed by atoms with Crippen LogP contribution >= 0.6 is 0 Å². The lowest BCUT2D eigenvalue weighted by Gasteiger charge is -2.27. The van der Waals surface area contributed by atoms with E-state index in [1.54, 1.807) is 18.2 Å². The third kappa shape index (κ3) is 6.37. The van der Waals surface area contributed by atoms with Gasteiger partial charge in [0.05, 0.1) is 5.92 Å². The van der Waals surface area contributed by atoms with Crippen LogP contribution in [0.1, 0.15) is 51.9 Å². The second kappa shape index (κ2) is 10.8. The van der Waals surface area contributed by atoms with E-state index in [4.69, 9.17) is 14.2 Å². The largest absolute Gasteiger partial charge is 0.486 e. The van der Waals surface area contributed by atoms with Crippen molar-refractivity contribution in [2.45, 2.75) is 51.9 Å². The lowest BCUT2D eigenvalue weighted by molar-refractivity contribution is -0.153. The topological polar surface area (TPSA) is 103 Å². The van der Waals surface area contributed by atoms with Crippen molar-refractivity contribution >= 4 is 23.6 Å². The molecule has 0 bridgehead atoms. The van der Waals surface area contributed by atoms with Gasteiger partial charge in [0.15, 0.2) is 18.1 Å². The van der Waals surface area contributed by atoms with E-state index >= 15 is 0 Å². The molecule has 164 valence electrons. The number of urea groups is 1. The van der Waals surface area contributed by atoms with Crippen LogP contribution in [0.25, 0.3) is 0 Å². The Labute approximate surface area is 176 Å². The van der Waals surface area contributed by atoms with Crippen LogP contribution in [0, 0.1) is 11.8 Å². The predicted molar refractivity (Wildman–Crippen MR) is 111 cm³/mol. The minimum atomic E-state index is -0.704. The first kappa shape index (κ1) is 21.9. The molecule has 0 unspecified atom stereocenters. The third-order valence-electron chi connectivity index (χ3n) is 5.54. The fourth-order valence-electron chi connectivity index (χ4n) is 3.88. The second-order valence-corrected chi connectivity index (χ2v) is 7.83. The van der Waals surface area contributed by atoms with E-state index in [9.17, 15) is 14.4 Å². The molecule has 1 aromatic carbocycles. The van der Waals surface area contributed by atoms with Crippen LogP contribution in [0.5, 0.6) is 11.5 Å². The molecule has 0 spiro atoms. The Morgan fingerprint density at radius 1 is 1.07 bits per heavy atom. The Bertz CT molecular complexity index is 758. The Hall–Kier alpha value is -2.77. The fraction of sp³-hybridized carbons (Fsp3) is 0.591. The maximum absolute atomic E-state index is 12.2. The summed E-state index contributed by atoms with van der Waals surface area (Å²) >= 11 is 0. The smallest absolute Gasteiger partial charge is 0.325 e. The summed E-state index contributed by atoms with van der Waals surface area (Å²) in [6.07, 6.45) is 7.32. The van der Waals surface area contributed by atoms with E-state index in [1.165, 1.54) is 19.3 Å². The average molecular weight is 418 g/mol. The molecule has 0 atom stereocenters. The van der Waals surface area contributed by atoms with Crippen LogP contribution < -0.4 is 20.1 Å². The fourth-order valence-corrected chi connectivity index (χ4v) is 3.88. The molecule has 8 nitrogen and oxygen atoms in total. The standard InChI is InChI=1S/C22H30N2O6/c1-2-3-4-15-5-7-16(8-6-15)21(26)30-14-20(25)24-22(27)23-17-9-10-18-19(13-17)29-12-11-28-18/h9-10,13,15-16H,2-8,11-12,14H2,1H3,(H2,23,24,25,27). The molecule has 1 heterocycles. The maximum Gasteiger partial charge on any atom is 0.325 e. The van der Waals surface area contributed by atoms with Crippen LogP contribution in [0.4, 0.5) is 10.5 Å². The minimum Gasteiger partial charge on any atom is -0.486 e. The monoisotopic (exact) mass is 418 g/mol. The number of hydrogen-bond donors (Lipinski definition) is 2. The number of nitrogens with one attached hydrogen (secondary N) is 2. The summed E-state index contributed by atoms with van der Waals surface area (Å²) in [5, 5.41) is 4.71. The Balaban J connectivity index is 1.36. The summed E-state index contributed by atoms with van der Waals surface area (Å²) < 4.78 is 16.0. The number of unbranched alkanes of at least 4 members (excludes halogenated alkanes) is 1. The number of amides is 3. The van der Waals surface area contributed by atoms with Gasteiger partial charge in [0.2, 0.25) is 0 Å². The van der Waals surface area contributed by atoms with Crippen molar-refractivity contribution in [3.63, 3.8) is 0 Å². The Morgan fingerprint density at radius 2 is 1.80 bits per heavy atom. The summed E-state index contributed by atoms with van der Waals surface area (Å²) in [7, 11) is 0. The van der Waals surface area contributed by atoms with Crippen molar-refractivity contribution in [3.8, 4) is 11.5 Å². The number of rotatable bonds is 7. The number of fused-ring (bicyclic) bond motifs is 1. The molecule has 1 aliphatic carbocycles. The second-order valence-electron chi connectivity index (χ2n) is 7.83. The van der Waals surface area contributed by atoms with Crippen molar-refractivity contribution in [1.29, 1.82) is 0 Å². The summed E-state index contributed by atoms with van der Waals surface area (Å²) in [6, 6.07) is 4.25. The van der Waals surface area contributed by atoms with Crippen LogP contribution in [0.2, 0.25) is 0 Å².